The van der Waals surface area contributed by atoms with Crippen molar-refractivity contribution in [1.29, 1.82) is 0 Å². The molecule has 0 saturated heterocycles. The molecule has 3 aromatic rings. The molecule has 2 amide bonds. The quantitative estimate of drug-likeness (QED) is 0.357. The molecule has 0 aliphatic carbocycles. The van der Waals surface area contributed by atoms with E-state index in [0.29, 0.717) is 11.4 Å². The van der Waals surface area contributed by atoms with Crippen LogP contribution in [0.1, 0.15) is 16.1 Å². The van der Waals surface area contributed by atoms with E-state index >= 15 is 0 Å². The van der Waals surface area contributed by atoms with Gasteiger partial charge in [-0.15, -0.1) is 0 Å². The summed E-state index contributed by atoms with van der Waals surface area (Å²) in [6.45, 7) is 0. The van der Waals surface area contributed by atoms with Crippen LogP contribution in [0.25, 0.3) is 6.08 Å². The Labute approximate surface area is 169 Å². The van der Waals surface area contributed by atoms with Crippen LogP contribution < -0.4 is 10.6 Å². The first-order valence-electron chi connectivity index (χ1n) is 8.31. The van der Waals surface area contributed by atoms with Gasteiger partial charge in [0.1, 0.15) is 11.5 Å². The number of anilines is 1. The Morgan fingerprint density at radius 2 is 1.76 bits per heavy atom. The second kappa shape index (κ2) is 8.85. The number of hydrogen-bond donors (Lipinski definition) is 2. The van der Waals surface area contributed by atoms with Gasteiger partial charge in [0.2, 0.25) is 0 Å². The van der Waals surface area contributed by atoms with Crippen molar-refractivity contribution in [2.24, 2.45) is 0 Å². The van der Waals surface area contributed by atoms with Gasteiger partial charge in [-0.2, -0.15) is 0 Å². The van der Waals surface area contributed by atoms with Gasteiger partial charge in [0, 0.05) is 23.9 Å². The lowest BCUT2D eigenvalue weighted by Gasteiger charge is -2.11. The minimum atomic E-state index is -0.643. The van der Waals surface area contributed by atoms with Gasteiger partial charge in [-0.3, -0.25) is 19.7 Å². The van der Waals surface area contributed by atoms with E-state index in [9.17, 15) is 19.7 Å². The highest BCUT2D eigenvalue weighted by atomic mass is 35.5. The molecule has 0 radical (unpaired) electrons. The maximum Gasteiger partial charge on any atom is 0.272 e. The zero-order valence-electron chi connectivity index (χ0n) is 14.8. The van der Waals surface area contributed by atoms with Gasteiger partial charge in [-0.05, 0) is 36.4 Å². The second-order valence-electron chi connectivity index (χ2n) is 5.77. The van der Waals surface area contributed by atoms with Gasteiger partial charge in [0.05, 0.1) is 21.8 Å². The normalized spacial score (nSPS) is 11.0. The summed E-state index contributed by atoms with van der Waals surface area (Å²) in [5, 5.41) is 16.1. The molecule has 0 aliphatic heterocycles. The Hall–Kier alpha value is -3.91. The van der Waals surface area contributed by atoms with Crippen molar-refractivity contribution >= 4 is 40.9 Å². The molecule has 9 heteroatoms. The van der Waals surface area contributed by atoms with Crippen molar-refractivity contribution < 1.29 is 18.9 Å². The van der Waals surface area contributed by atoms with E-state index in [2.05, 4.69) is 10.6 Å². The number of amides is 2. The number of carbonyl (C=O) groups is 2. The number of benzene rings is 2. The van der Waals surface area contributed by atoms with Crippen LogP contribution in [0.5, 0.6) is 0 Å². The molecule has 2 N–H and O–H groups in total. The van der Waals surface area contributed by atoms with Crippen LogP contribution in [0.2, 0.25) is 5.02 Å². The molecule has 1 heterocycles. The smallest absolute Gasteiger partial charge is 0.272 e. The summed E-state index contributed by atoms with van der Waals surface area (Å²) in [5.41, 5.74) is 0.310. The fourth-order valence-corrected chi connectivity index (χ4v) is 2.60. The summed E-state index contributed by atoms with van der Waals surface area (Å²) in [4.78, 5) is 35.5. The molecule has 0 unspecified atom stereocenters. The minimum absolute atomic E-state index is 0.0942. The number of nitrogens with zero attached hydrogens (tertiary/aromatic N) is 1. The van der Waals surface area contributed by atoms with Gasteiger partial charge in [-0.1, -0.05) is 23.7 Å². The molecule has 1 aromatic heterocycles. The van der Waals surface area contributed by atoms with Gasteiger partial charge >= 0.3 is 0 Å². The van der Waals surface area contributed by atoms with Crippen molar-refractivity contribution in [1.82, 2.24) is 5.32 Å². The van der Waals surface area contributed by atoms with E-state index in [0.717, 1.165) is 0 Å². The van der Waals surface area contributed by atoms with Crippen LogP contribution in [-0.2, 0) is 4.79 Å². The molecule has 0 aliphatic rings. The van der Waals surface area contributed by atoms with E-state index in [4.69, 9.17) is 16.0 Å². The molecule has 0 atom stereocenters. The van der Waals surface area contributed by atoms with Gasteiger partial charge in [0.25, 0.3) is 17.5 Å². The molecule has 146 valence electrons. The number of nitro benzene ring substituents is 1. The lowest BCUT2D eigenvalue weighted by atomic mass is 10.2. The molecule has 0 spiro atoms. The topological polar surface area (TPSA) is 114 Å². The predicted octanol–water partition coefficient (Wildman–Crippen LogP) is 4.25. The number of furan rings is 1. The van der Waals surface area contributed by atoms with E-state index in [1.54, 1.807) is 30.3 Å². The number of nitro groups is 1. The molecule has 8 nitrogen and oxygen atoms in total. The van der Waals surface area contributed by atoms with Crippen molar-refractivity contribution in [2.45, 2.75) is 0 Å². The number of nitrogens with one attached hydrogen (secondary N) is 2. The fourth-order valence-electron chi connectivity index (χ4n) is 2.37. The summed E-state index contributed by atoms with van der Waals surface area (Å²) in [5.74, 6) is -0.874. The lowest BCUT2D eigenvalue weighted by molar-refractivity contribution is -0.384. The molecule has 0 saturated carbocycles. The van der Waals surface area contributed by atoms with Gasteiger partial charge in [-0.25, -0.2) is 0 Å². The van der Waals surface area contributed by atoms with E-state index < -0.39 is 16.7 Å². The number of hydrogen-bond acceptors (Lipinski definition) is 5. The van der Waals surface area contributed by atoms with Crippen LogP contribution in [0, 0.1) is 10.1 Å². The molecular formula is C20H14ClN3O5. The largest absolute Gasteiger partial charge is 0.465 e. The summed E-state index contributed by atoms with van der Waals surface area (Å²) >= 11 is 6.04. The van der Waals surface area contributed by atoms with Crippen LogP contribution in [-0.4, -0.2) is 16.7 Å². The number of halogens is 1. The van der Waals surface area contributed by atoms with Crippen molar-refractivity contribution in [3.63, 3.8) is 0 Å². The third kappa shape index (κ3) is 5.08. The van der Waals surface area contributed by atoms with E-state index in [-0.39, 0.29) is 22.0 Å². The molecular weight excluding hydrogens is 398 g/mol. The zero-order valence-corrected chi connectivity index (χ0v) is 15.6. The van der Waals surface area contributed by atoms with Gasteiger partial charge < -0.3 is 15.1 Å². The average molecular weight is 412 g/mol. The van der Waals surface area contributed by atoms with Crippen molar-refractivity contribution in [2.75, 3.05) is 5.32 Å². The lowest BCUT2D eigenvalue weighted by Crippen LogP contribution is -2.30. The summed E-state index contributed by atoms with van der Waals surface area (Å²) < 4.78 is 5.21. The van der Waals surface area contributed by atoms with Crippen molar-refractivity contribution in [3.8, 4) is 0 Å². The Morgan fingerprint density at radius 3 is 2.38 bits per heavy atom. The first-order chi connectivity index (χ1) is 13.9. The molecule has 29 heavy (non-hydrogen) atoms. The Morgan fingerprint density at radius 1 is 1.03 bits per heavy atom. The maximum absolute atomic E-state index is 12.7. The second-order valence-corrected chi connectivity index (χ2v) is 6.17. The summed E-state index contributed by atoms with van der Waals surface area (Å²) in [6.07, 6.45) is 2.78. The highest BCUT2D eigenvalue weighted by Gasteiger charge is 2.17. The molecule has 3 rings (SSSR count). The highest BCUT2D eigenvalue weighted by molar-refractivity contribution is 6.34. The minimum Gasteiger partial charge on any atom is -0.465 e. The standard InChI is InChI=1S/C20H14ClN3O5/c21-17-6-2-1-5-16(17)19(25)23-18(12-15-4-3-11-29-15)20(26)22-13-7-9-14(10-8-13)24(27)28/h1-12H,(H,22,26)(H,23,25). The van der Waals surface area contributed by atoms with Crippen molar-refractivity contribution in [3.05, 3.63) is 99.1 Å². The molecule has 0 bridgehead atoms. The van der Waals surface area contributed by atoms with Gasteiger partial charge in [0.15, 0.2) is 0 Å². The van der Waals surface area contributed by atoms with Crippen LogP contribution in [0.3, 0.4) is 0 Å². The summed E-state index contributed by atoms with van der Waals surface area (Å²) in [6, 6.07) is 14.9. The monoisotopic (exact) mass is 411 g/mol. The number of carbonyl (C=O) groups excluding carboxylic acids is 2. The number of non-ortho nitro benzene ring substituents is 1. The van der Waals surface area contributed by atoms with Crippen LogP contribution >= 0.6 is 11.6 Å². The van der Waals surface area contributed by atoms with Crippen LogP contribution in [0.15, 0.2) is 77.0 Å². The first kappa shape index (κ1) is 19.8. The Bertz CT molecular complexity index is 1080. The van der Waals surface area contributed by atoms with E-state index in [1.807, 2.05) is 0 Å². The third-order valence-corrected chi connectivity index (χ3v) is 4.11. The third-order valence-electron chi connectivity index (χ3n) is 3.78. The van der Waals surface area contributed by atoms with E-state index in [1.165, 1.54) is 42.7 Å². The average Bonchev–Trinajstić information content (AvgIpc) is 3.21. The fraction of sp³-hybridized carbons (Fsp3) is 0. The SMILES string of the molecule is O=C(Nc1ccc([N+](=O)[O-])cc1)C(=Cc1ccco1)NC(=O)c1ccccc1Cl. The maximum atomic E-state index is 12.7. The summed E-state index contributed by atoms with van der Waals surface area (Å²) in [7, 11) is 0. The van der Waals surface area contributed by atoms with Crippen LogP contribution in [0.4, 0.5) is 11.4 Å². The molecule has 2 aromatic carbocycles. The highest BCUT2D eigenvalue weighted by Crippen LogP contribution is 2.18. The zero-order chi connectivity index (χ0) is 20.8. The predicted molar refractivity (Wildman–Crippen MR) is 107 cm³/mol. The number of rotatable bonds is 6. The molecule has 0 fully saturated rings. The Kier molecular flexibility index (Phi) is 6.06. The first-order valence-corrected chi connectivity index (χ1v) is 8.69. The Balaban J connectivity index is 1.83.